The molecule has 2 N–H and O–H groups in total. The normalized spacial score (nSPS) is 12.2. The molecule has 18 heavy (non-hydrogen) atoms. The number of nitrogen functional groups attached to an aromatic ring is 1. The van der Waals surface area contributed by atoms with Crippen LogP contribution < -0.4 is 5.73 Å². The van der Waals surface area contributed by atoms with Crippen LogP contribution in [0.4, 0.5) is 10.1 Å². The number of nitrogens with two attached hydrogens (primary N) is 1. The van der Waals surface area contributed by atoms with Crippen LogP contribution in [0.1, 0.15) is 23.7 Å². The average Bonchev–Trinajstić information content (AvgIpc) is 2.34. The van der Waals surface area contributed by atoms with Gasteiger partial charge in [0, 0.05) is 18.8 Å². The Bertz CT molecular complexity index is 425. The van der Waals surface area contributed by atoms with Crippen LogP contribution in [-0.2, 0) is 0 Å². The van der Waals surface area contributed by atoms with Gasteiger partial charge >= 0.3 is 0 Å². The van der Waals surface area contributed by atoms with Gasteiger partial charge in [0.2, 0.25) is 0 Å². The molecule has 1 rings (SSSR count). The fraction of sp³-hybridized carbons (Fsp3) is 0.462. The molecule has 0 aliphatic carbocycles. The predicted octanol–water partition coefficient (Wildman–Crippen LogP) is 2.62. The van der Waals surface area contributed by atoms with E-state index in [0.717, 1.165) is 12.2 Å². The number of benzene rings is 1. The fourth-order valence-corrected chi connectivity index (χ4v) is 2.15. The monoisotopic (exact) mass is 270 g/mol. The van der Waals surface area contributed by atoms with E-state index in [0.29, 0.717) is 5.69 Å². The van der Waals surface area contributed by atoms with Crippen molar-refractivity contribution in [2.45, 2.75) is 19.4 Å². The van der Waals surface area contributed by atoms with Gasteiger partial charge in [-0.25, -0.2) is 4.39 Å². The summed E-state index contributed by atoms with van der Waals surface area (Å²) in [5.74, 6) is 0.105. The third-order valence-electron chi connectivity index (χ3n) is 2.94. The molecule has 0 bridgehead atoms. The maximum Gasteiger partial charge on any atom is 0.256 e. The van der Waals surface area contributed by atoms with E-state index in [9.17, 15) is 9.18 Å². The summed E-state index contributed by atoms with van der Waals surface area (Å²) in [5, 5.41) is 0. The van der Waals surface area contributed by atoms with Gasteiger partial charge in [0.1, 0.15) is 5.82 Å². The second-order valence-electron chi connectivity index (χ2n) is 4.29. The summed E-state index contributed by atoms with van der Waals surface area (Å²) in [7, 11) is 1.70. The maximum absolute atomic E-state index is 13.6. The first-order chi connectivity index (χ1) is 8.47. The molecule has 100 valence electrons. The predicted molar refractivity (Wildman–Crippen MR) is 75.4 cm³/mol. The zero-order chi connectivity index (χ0) is 13.7. The van der Waals surface area contributed by atoms with E-state index in [-0.39, 0.29) is 17.5 Å². The number of hydrogen-bond donors (Lipinski definition) is 1. The lowest BCUT2D eigenvalue weighted by molar-refractivity contribution is 0.0737. The van der Waals surface area contributed by atoms with Gasteiger partial charge in [-0.15, -0.1) is 0 Å². The molecule has 0 heterocycles. The van der Waals surface area contributed by atoms with Crippen LogP contribution >= 0.6 is 11.8 Å². The van der Waals surface area contributed by atoms with Gasteiger partial charge in [0.25, 0.3) is 5.91 Å². The molecule has 1 atom stereocenters. The molecule has 1 aromatic carbocycles. The second kappa shape index (κ2) is 6.64. The van der Waals surface area contributed by atoms with Crippen LogP contribution in [0.3, 0.4) is 0 Å². The lowest BCUT2D eigenvalue weighted by atomic mass is 10.1. The Balaban J connectivity index is 2.79. The highest BCUT2D eigenvalue weighted by Gasteiger charge is 2.20. The smallest absolute Gasteiger partial charge is 0.256 e. The van der Waals surface area contributed by atoms with Crippen LogP contribution in [0.2, 0.25) is 0 Å². The molecule has 0 fully saturated rings. The van der Waals surface area contributed by atoms with Crippen molar-refractivity contribution in [3.8, 4) is 0 Å². The van der Waals surface area contributed by atoms with Crippen LogP contribution in [0.5, 0.6) is 0 Å². The van der Waals surface area contributed by atoms with Crippen molar-refractivity contribution in [1.82, 2.24) is 4.90 Å². The van der Waals surface area contributed by atoms with Crippen molar-refractivity contribution < 1.29 is 9.18 Å². The minimum atomic E-state index is -0.566. The minimum Gasteiger partial charge on any atom is -0.399 e. The van der Waals surface area contributed by atoms with Crippen molar-refractivity contribution in [2.24, 2.45) is 0 Å². The van der Waals surface area contributed by atoms with Gasteiger partial charge in [-0.2, -0.15) is 11.8 Å². The third kappa shape index (κ3) is 3.63. The highest BCUT2D eigenvalue weighted by molar-refractivity contribution is 7.98. The molecule has 1 unspecified atom stereocenters. The number of thioether (sulfide) groups is 1. The van der Waals surface area contributed by atoms with Gasteiger partial charge in [0.05, 0.1) is 5.56 Å². The minimum absolute atomic E-state index is 0.0719. The summed E-state index contributed by atoms with van der Waals surface area (Å²) in [6.45, 7) is 1.96. The molecule has 1 amide bonds. The zero-order valence-electron chi connectivity index (χ0n) is 10.9. The molecular formula is C13H19FN2OS. The van der Waals surface area contributed by atoms with Gasteiger partial charge in [-0.05, 0) is 43.6 Å². The lowest BCUT2D eigenvalue weighted by Crippen LogP contribution is -2.35. The highest BCUT2D eigenvalue weighted by Crippen LogP contribution is 2.16. The lowest BCUT2D eigenvalue weighted by Gasteiger charge is -2.25. The topological polar surface area (TPSA) is 46.3 Å². The van der Waals surface area contributed by atoms with Gasteiger partial charge in [0.15, 0.2) is 0 Å². The number of amides is 1. The summed E-state index contributed by atoms with van der Waals surface area (Å²) in [4.78, 5) is 13.7. The molecule has 0 aliphatic rings. The molecule has 0 saturated carbocycles. The largest absolute Gasteiger partial charge is 0.399 e. The Hall–Kier alpha value is -1.23. The average molecular weight is 270 g/mol. The SMILES string of the molecule is CSCCC(C)N(C)C(=O)c1ccc(N)cc1F. The molecule has 0 aliphatic heterocycles. The van der Waals surface area contributed by atoms with E-state index in [1.807, 2.05) is 13.2 Å². The number of anilines is 1. The van der Waals surface area contributed by atoms with Crippen molar-refractivity contribution in [2.75, 3.05) is 24.8 Å². The number of carbonyl (C=O) groups is 1. The van der Waals surface area contributed by atoms with Gasteiger partial charge in [-0.1, -0.05) is 0 Å². The first-order valence-corrected chi connectivity index (χ1v) is 7.18. The van der Waals surface area contributed by atoms with Crippen LogP contribution in [-0.4, -0.2) is 35.9 Å². The van der Waals surface area contributed by atoms with Crippen LogP contribution in [0, 0.1) is 5.82 Å². The maximum atomic E-state index is 13.6. The van der Waals surface area contributed by atoms with Crippen LogP contribution in [0.15, 0.2) is 18.2 Å². The van der Waals surface area contributed by atoms with Gasteiger partial charge in [-0.3, -0.25) is 4.79 Å². The molecule has 0 spiro atoms. The summed E-state index contributed by atoms with van der Waals surface area (Å²) < 4.78 is 13.6. The molecule has 5 heteroatoms. The van der Waals surface area contributed by atoms with Crippen molar-refractivity contribution in [1.29, 1.82) is 0 Å². The molecule has 0 aromatic heterocycles. The molecule has 0 saturated heterocycles. The molecule has 1 aromatic rings. The van der Waals surface area contributed by atoms with Crippen molar-refractivity contribution in [3.05, 3.63) is 29.6 Å². The fourth-order valence-electron chi connectivity index (χ4n) is 1.58. The first kappa shape index (κ1) is 14.8. The second-order valence-corrected chi connectivity index (χ2v) is 5.27. The van der Waals surface area contributed by atoms with Gasteiger partial charge < -0.3 is 10.6 Å². The summed E-state index contributed by atoms with van der Waals surface area (Å²) >= 11 is 1.73. The Morgan fingerprint density at radius 1 is 1.56 bits per heavy atom. The standard InChI is InChI=1S/C13H19FN2OS/c1-9(6-7-18-3)16(2)13(17)11-5-4-10(15)8-12(11)14/h4-5,8-9H,6-7,15H2,1-3H3. The number of halogens is 1. The first-order valence-electron chi connectivity index (χ1n) is 5.78. The quantitative estimate of drug-likeness (QED) is 0.837. The number of carbonyl (C=O) groups excluding carboxylic acids is 1. The molecular weight excluding hydrogens is 251 g/mol. The van der Waals surface area contributed by atoms with Crippen molar-refractivity contribution >= 4 is 23.4 Å². The van der Waals surface area contributed by atoms with Crippen molar-refractivity contribution in [3.63, 3.8) is 0 Å². The Labute approximate surface area is 112 Å². The summed E-state index contributed by atoms with van der Waals surface area (Å²) in [6, 6.07) is 4.23. The number of nitrogens with zero attached hydrogens (tertiary/aromatic N) is 1. The van der Waals surface area contributed by atoms with E-state index >= 15 is 0 Å². The summed E-state index contributed by atoms with van der Waals surface area (Å²) in [5.41, 5.74) is 5.85. The van der Waals surface area contributed by atoms with E-state index in [1.165, 1.54) is 18.2 Å². The number of hydrogen-bond acceptors (Lipinski definition) is 3. The Kier molecular flexibility index (Phi) is 5.47. The summed E-state index contributed by atoms with van der Waals surface area (Å²) in [6.07, 6.45) is 2.91. The Morgan fingerprint density at radius 2 is 2.22 bits per heavy atom. The van der Waals surface area contributed by atoms with E-state index in [1.54, 1.807) is 23.7 Å². The highest BCUT2D eigenvalue weighted by atomic mass is 32.2. The van der Waals surface area contributed by atoms with E-state index in [2.05, 4.69) is 0 Å². The number of rotatable bonds is 5. The van der Waals surface area contributed by atoms with Crippen LogP contribution in [0.25, 0.3) is 0 Å². The van der Waals surface area contributed by atoms with E-state index < -0.39 is 5.82 Å². The van der Waals surface area contributed by atoms with E-state index in [4.69, 9.17) is 5.73 Å². The molecule has 0 radical (unpaired) electrons. The third-order valence-corrected chi connectivity index (χ3v) is 3.59. The zero-order valence-corrected chi connectivity index (χ0v) is 11.8. The Morgan fingerprint density at radius 3 is 2.78 bits per heavy atom. The molecule has 3 nitrogen and oxygen atoms in total.